The predicted octanol–water partition coefficient (Wildman–Crippen LogP) is 1.88. The van der Waals surface area contributed by atoms with E-state index in [0.717, 1.165) is 16.5 Å². The molecule has 3 aromatic rings. The molecule has 7 heteroatoms. The van der Waals surface area contributed by atoms with Crippen LogP contribution in [0.25, 0.3) is 10.9 Å². The average molecular weight is 341 g/mol. The third-order valence-electron chi connectivity index (χ3n) is 3.84. The third-order valence-corrected chi connectivity index (χ3v) is 3.84. The van der Waals surface area contributed by atoms with E-state index in [4.69, 9.17) is 4.74 Å². The first kappa shape index (κ1) is 16.9. The number of nitrogens with one attached hydrogen (secondary N) is 2. The van der Waals surface area contributed by atoms with E-state index in [0.29, 0.717) is 5.56 Å². The van der Waals surface area contributed by atoms with Crippen LogP contribution in [0.4, 0.5) is 4.79 Å². The normalized spacial score (nSPS) is 13.4. The van der Waals surface area contributed by atoms with Crippen molar-refractivity contribution in [3.63, 3.8) is 0 Å². The number of carbonyl (C=O) groups is 1. The van der Waals surface area contributed by atoms with Gasteiger partial charge in [0.15, 0.2) is 0 Å². The molecule has 0 aliphatic heterocycles. The second-order valence-corrected chi connectivity index (χ2v) is 5.67. The molecular weight excluding hydrogens is 322 g/mol. The second kappa shape index (κ2) is 7.78. The van der Waals surface area contributed by atoms with E-state index >= 15 is 0 Å². The van der Waals surface area contributed by atoms with E-state index in [9.17, 15) is 15.0 Å². The van der Waals surface area contributed by atoms with E-state index in [1.807, 2.05) is 30.3 Å². The molecule has 2 unspecified atom stereocenters. The van der Waals surface area contributed by atoms with Crippen LogP contribution in [-0.2, 0) is 11.3 Å². The number of alkyl carbamates (subject to hydrolysis) is 1. The summed E-state index contributed by atoms with van der Waals surface area (Å²) >= 11 is 0. The maximum atomic E-state index is 11.7. The molecule has 0 aliphatic rings. The number of hydrogen-bond acceptors (Lipinski definition) is 5. The standard InChI is InChI=1S/C18H19N3O4/c22-16(10-19-18(24)25-11-12-4-2-1-3-5-12)17(23)13-6-7-14-9-20-21-15(14)8-13/h1-9,16-17,22-23H,10-11H2,(H,19,24)(H,20,21). The van der Waals surface area contributed by atoms with Gasteiger partial charge in [0.2, 0.25) is 0 Å². The summed E-state index contributed by atoms with van der Waals surface area (Å²) in [4.78, 5) is 11.7. The van der Waals surface area contributed by atoms with E-state index in [1.165, 1.54) is 0 Å². The molecule has 25 heavy (non-hydrogen) atoms. The first-order valence-corrected chi connectivity index (χ1v) is 7.87. The minimum absolute atomic E-state index is 0.129. The zero-order valence-electron chi connectivity index (χ0n) is 13.4. The van der Waals surface area contributed by atoms with Crippen LogP contribution in [0.2, 0.25) is 0 Å². The summed E-state index contributed by atoms with van der Waals surface area (Å²) in [6.45, 7) is 0.0115. The van der Waals surface area contributed by atoms with Crippen LogP contribution in [0, 0.1) is 0 Å². The number of aliphatic hydroxyl groups excluding tert-OH is 2. The number of nitrogens with zero attached hydrogens (tertiary/aromatic N) is 1. The summed E-state index contributed by atoms with van der Waals surface area (Å²) < 4.78 is 5.06. The highest BCUT2D eigenvalue weighted by atomic mass is 16.5. The topological polar surface area (TPSA) is 107 Å². The number of hydrogen-bond donors (Lipinski definition) is 4. The Morgan fingerprint density at radius 3 is 2.80 bits per heavy atom. The van der Waals surface area contributed by atoms with Gasteiger partial charge in [-0.2, -0.15) is 5.10 Å². The van der Waals surface area contributed by atoms with Gasteiger partial charge in [-0.05, 0) is 17.2 Å². The molecule has 0 aliphatic carbocycles. The zero-order chi connectivity index (χ0) is 17.6. The molecule has 0 spiro atoms. The SMILES string of the molecule is O=C(NCC(O)C(O)c1ccc2cn[nH]c2c1)OCc1ccccc1. The molecule has 0 fully saturated rings. The number of rotatable bonds is 6. The van der Waals surface area contributed by atoms with Crippen LogP contribution >= 0.6 is 0 Å². The fourth-order valence-corrected chi connectivity index (χ4v) is 2.43. The van der Waals surface area contributed by atoms with E-state index < -0.39 is 18.3 Å². The molecule has 3 rings (SSSR count). The highest BCUT2D eigenvalue weighted by molar-refractivity contribution is 5.78. The first-order valence-electron chi connectivity index (χ1n) is 7.87. The van der Waals surface area contributed by atoms with Crippen LogP contribution < -0.4 is 5.32 Å². The van der Waals surface area contributed by atoms with E-state index in [-0.39, 0.29) is 13.2 Å². The van der Waals surface area contributed by atoms with Crippen molar-refractivity contribution in [3.8, 4) is 0 Å². The molecule has 0 radical (unpaired) electrons. The number of H-pyrrole nitrogens is 1. The van der Waals surface area contributed by atoms with Crippen molar-refractivity contribution >= 4 is 17.0 Å². The Hall–Kier alpha value is -2.90. The molecule has 4 N–H and O–H groups in total. The van der Waals surface area contributed by atoms with Gasteiger partial charge in [-0.15, -0.1) is 0 Å². The number of fused-ring (bicyclic) bond motifs is 1. The minimum Gasteiger partial charge on any atom is -0.445 e. The fraction of sp³-hybridized carbons (Fsp3) is 0.222. The number of aromatic nitrogens is 2. The van der Waals surface area contributed by atoms with Crippen molar-refractivity contribution in [2.24, 2.45) is 0 Å². The summed E-state index contributed by atoms with van der Waals surface area (Å²) in [7, 11) is 0. The second-order valence-electron chi connectivity index (χ2n) is 5.67. The number of benzene rings is 2. The maximum Gasteiger partial charge on any atom is 0.407 e. The van der Waals surface area contributed by atoms with Crippen LogP contribution in [-0.4, -0.2) is 39.2 Å². The molecule has 0 bridgehead atoms. The largest absolute Gasteiger partial charge is 0.445 e. The van der Waals surface area contributed by atoms with Crippen molar-refractivity contribution in [1.82, 2.24) is 15.5 Å². The van der Waals surface area contributed by atoms with Crippen LogP contribution in [0.5, 0.6) is 0 Å². The zero-order valence-corrected chi connectivity index (χ0v) is 13.4. The number of ether oxygens (including phenoxy) is 1. The first-order chi connectivity index (χ1) is 12.1. The van der Waals surface area contributed by atoms with Crippen LogP contribution in [0.3, 0.4) is 0 Å². The highest BCUT2D eigenvalue weighted by Crippen LogP contribution is 2.21. The molecule has 1 aromatic heterocycles. The summed E-state index contributed by atoms with van der Waals surface area (Å²) in [6, 6.07) is 14.5. The monoisotopic (exact) mass is 341 g/mol. The Balaban J connectivity index is 1.49. The number of amides is 1. The Bertz CT molecular complexity index is 834. The van der Waals surface area contributed by atoms with Gasteiger partial charge in [0.25, 0.3) is 0 Å². The summed E-state index contributed by atoms with van der Waals surface area (Å²) in [5.74, 6) is 0. The van der Waals surface area contributed by atoms with Gasteiger partial charge in [0.05, 0.1) is 11.7 Å². The summed E-state index contributed by atoms with van der Waals surface area (Å²) in [6.07, 6.45) is -1.28. The van der Waals surface area contributed by atoms with Gasteiger partial charge in [0.1, 0.15) is 18.8 Å². The van der Waals surface area contributed by atoms with Crippen molar-refractivity contribution in [2.75, 3.05) is 6.54 Å². The van der Waals surface area contributed by atoms with Crippen molar-refractivity contribution in [3.05, 3.63) is 65.9 Å². The van der Waals surface area contributed by atoms with Crippen molar-refractivity contribution in [1.29, 1.82) is 0 Å². The molecule has 2 aromatic carbocycles. The van der Waals surface area contributed by atoms with E-state index in [1.54, 1.807) is 24.4 Å². The molecule has 2 atom stereocenters. The highest BCUT2D eigenvalue weighted by Gasteiger charge is 2.20. The number of carbonyl (C=O) groups excluding carboxylic acids is 1. The van der Waals surface area contributed by atoms with Crippen LogP contribution in [0.15, 0.2) is 54.7 Å². The Labute approximate surface area is 144 Å². The number of aromatic amines is 1. The predicted molar refractivity (Wildman–Crippen MR) is 91.7 cm³/mol. The van der Waals surface area contributed by atoms with Gasteiger partial charge < -0.3 is 20.3 Å². The lowest BCUT2D eigenvalue weighted by Gasteiger charge is -2.18. The lowest BCUT2D eigenvalue weighted by Crippen LogP contribution is -2.35. The smallest absolute Gasteiger partial charge is 0.407 e. The van der Waals surface area contributed by atoms with Gasteiger partial charge >= 0.3 is 6.09 Å². The lowest BCUT2D eigenvalue weighted by molar-refractivity contribution is 0.0185. The molecule has 7 nitrogen and oxygen atoms in total. The summed E-state index contributed by atoms with van der Waals surface area (Å²) in [5, 5.41) is 30.4. The quantitative estimate of drug-likeness (QED) is 0.548. The lowest BCUT2D eigenvalue weighted by atomic mass is 10.0. The maximum absolute atomic E-state index is 11.7. The number of aliphatic hydroxyl groups is 2. The van der Waals surface area contributed by atoms with Gasteiger partial charge in [-0.1, -0.05) is 42.5 Å². The Morgan fingerprint density at radius 1 is 1.20 bits per heavy atom. The van der Waals surface area contributed by atoms with Gasteiger partial charge in [-0.25, -0.2) is 4.79 Å². The van der Waals surface area contributed by atoms with Crippen LogP contribution in [0.1, 0.15) is 17.2 Å². The van der Waals surface area contributed by atoms with Crippen molar-refractivity contribution in [2.45, 2.75) is 18.8 Å². The molecule has 1 amide bonds. The Morgan fingerprint density at radius 2 is 2.00 bits per heavy atom. The van der Waals surface area contributed by atoms with Gasteiger partial charge in [0, 0.05) is 11.9 Å². The fourth-order valence-electron chi connectivity index (χ4n) is 2.43. The molecule has 1 heterocycles. The molecule has 130 valence electrons. The van der Waals surface area contributed by atoms with Gasteiger partial charge in [-0.3, -0.25) is 5.10 Å². The molecule has 0 saturated carbocycles. The van der Waals surface area contributed by atoms with E-state index in [2.05, 4.69) is 15.5 Å². The summed E-state index contributed by atoms with van der Waals surface area (Å²) in [5.41, 5.74) is 2.16. The van der Waals surface area contributed by atoms with Crippen molar-refractivity contribution < 1.29 is 19.7 Å². The third kappa shape index (κ3) is 4.34. The molecular formula is C18H19N3O4. The average Bonchev–Trinajstić information content (AvgIpc) is 3.12. The Kier molecular flexibility index (Phi) is 5.27. The molecule has 0 saturated heterocycles. The minimum atomic E-state index is -1.16.